The van der Waals surface area contributed by atoms with Crippen LogP contribution in [-0.2, 0) is 9.59 Å². The van der Waals surface area contributed by atoms with Crippen LogP contribution in [0.3, 0.4) is 0 Å². The van der Waals surface area contributed by atoms with E-state index in [2.05, 4.69) is 20.2 Å². The average Bonchev–Trinajstić information content (AvgIpc) is 3.23. The normalized spacial score (nSPS) is 21.4. The molecule has 1 atom stereocenters. The van der Waals surface area contributed by atoms with Crippen LogP contribution >= 0.6 is 0 Å². The summed E-state index contributed by atoms with van der Waals surface area (Å²) in [4.78, 5) is 29.9. The van der Waals surface area contributed by atoms with Crippen molar-refractivity contribution in [1.82, 2.24) is 29.6 Å². The van der Waals surface area contributed by atoms with Gasteiger partial charge < -0.3 is 14.7 Å². The van der Waals surface area contributed by atoms with Crippen molar-refractivity contribution in [1.29, 1.82) is 0 Å². The highest BCUT2D eigenvalue weighted by atomic mass is 16.2. The molecule has 2 aromatic rings. The minimum absolute atomic E-state index is 0.0517. The first-order chi connectivity index (χ1) is 12.1. The number of aromatic nitrogens is 4. The van der Waals surface area contributed by atoms with Crippen LogP contribution in [0.2, 0.25) is 0 Å². The molecule has 132 valence electrons. The van der Waals surface area contributed by atoms with Crippen molar-refractivity contribution < 1.29 is 9.59 Å². The minimum Gasteiger partial charge on any atom is -0.352 e. The number of nitrogens with zero attached hydrogens (tertiary/aromatic N) is 7. The molecule has 0 bridgehead atoms. The number of fused-ring (bicyclic) bond motifs is 1. The highest BCUT2D eigenvalue weighted by Gasteiger charge is 2.31. The number of carbonyl (C=O) groups excluding carboxylic acids is 2. The molecule has 0 aliphatic carbocycles. The van der Waals surface area contributed by atoms with Crippen molar-refractivity contribution in [3.63, 3.8) is 0 Å². The zero-order valence-corrected chi connectivity index (χ0v) is 14.2. The molecule has 9 nitrogen and oxygen atoms in total. The van der Waals surface area contributed by atoms with Gasteiger partial charge in [0.2, 0.25) is 11.8 Å². The lowest BCUT2D eigenvalue weighted by Gasteiger charge is -2.36. The molecule has 0 aromatic carbocycles. The van der Waals surface area contributed by atoms with E-state index in [9.17, 15) is 9.59 Å². The zero-order valence-electron chi connectivity index (χ0n) is 14.2. The Bertz CT molecular complexity index is 797. The Morgan fingerprint density at radius 3 is 2.76 bits per heavy atom. The predicted molar refractivity (Wildman–Crippen MR) is 90.0 cm³/mol. The first-order valence-electron chi connectivity index (χ1n) is 8.57. The second-order valence-electron chi connectivity index (χ2n) is 6.59. The predicted octanol–water partition coefficient (Wildman–Crippen LogP) is -0.216. The number of amides is 2. The molecule has 2 aliphatic rings. The third-order valence-corrected chi connectivity index (χ3v) is 5.15. The molecule has 0 radical (unpaired) electrons. The van der Waals surface area contributed by atoms with Crippen LogP contribution in [0.1, 0.15) is 19.3 Å². The molecule has 2 fully saturated rings. The van der Waals surface area contributed by atoms with Gasteiger partial charge in [-0.15, -0.1) is 15.3 Å². The van der Waals surface area contributed by atoms with Gasteiger partial charge in [0.1, 0.15) is 12.1 Å². The van der Waals surface area contributed by atoms with Crippen LogP contribution in [0, 0.1) is 0 Å². The molecule has 2 aliphatic heterocycles. The van der Waals surface area contributed by atoms with E-state index in [1.165, 1.54) is 0 Å². The first-order valence-corrected chi connectivity index (χ1v) is 8.57. The minimum atomic E-state index is 0.0517. The second kappa shape index (κ2) is 6.30. The number of rotatable bonds is 3. The molecular formula is C16H21N7O2. The highest BCUT2D eigenvalue weighted by Crippen LogP contribution is 2.21. The summed E-state index contributed by atoms with van der Waals surface area (Å²) in [6.07, 6.45) is 3.34. The van der Waals surface area contributed by atoms with Crippen molar-refractivity contribution in [2.75, 3.05) is 38.1 Å². The van der Waals surface area contributed by atoms with Gasteiger partial charge in [0.25, 0.3) is 0 Å². The monoisotopic (exact) mass is 343 g/mol. The van der Waals surface area contributed by atoms with Crippen LogP contribution in [0.25, 0.3) is 5.65 Å². The van der Waals surface area contributed by atoms with Crippen LogP contribution in [-0.4, -0.2) is 80.7 Å². The molecule has 0 spiro atoms. The van der Waals surface area contributed by atoms with Crippen LogP contribution in [0.5, 0.6) is 0 Å². The molecule has 0 N–H and O–H groups in total. The van der Waals surface area contributed by atoms with Gasteiger partial charge in [0.15, 0.2) is 5.65 Å². The Morgan fingerprint density at radius 2 is 2.04 bits per heavy atom. The molecule has 2 aromatic heterocycles. The van der Waals surface area contributed by atoms with Crippen molar-refractivity contribution in [3.8, 4) is 0 Å². The van der Waals surface area contributed by atoms with Gasteiger partial charge in [-0.3, -0.25) is 9.59 Å². The molecule has 4 heterocycles. The SMILES string of the molecule is CN1C(=O)CCC1CC(=O)N1CCN(c2ccc3nncn3n2)CC1. The van der Waals surface area contributed by atoms with E-state index in [1.54, 1.807) is 22.8 Å². The molecule has 0 saturated carbocycles. The van der Waals surface area contributed by atoms with E-state index < -0.39 is 0 Å². The lowest BCUT2D eigenvalue weighted by atomic mass is 10.1. The van der Waals surface area contributed by atoms with Crippen LogP contribution in [0.15, 0.2) is 18.5 Å². The number of hydrogen-bond acceptors (Lipinski definition) is 6. The Hall–Kier alpha value is -2.71. The Morgan fingerprint density at radius 1 is 1.24 bits per heavy atom. The first kappa shape index (κ1) is 15.8. The van der Waals surface area contributed by atoms with Crippen molar-refractivity contribution in [2.24, 2.45) is 0 Å². The van der Waals surface area contributed by atoms with E-state index in [-0.39, 0.29) is 17.9 Å². The fourth-order valence-corrected chi connectivity index (χ4v) is 3.51. The third-order valence-electron chi connectivity index (χ3n) is 5.15. The van der Waals surface area contributed by atoms with Crippen molar-refractivity contribution >= 4 is 23.3 Å². The van der Waals surface area contributed by atoms with Gasteiger partial charge in [-0.05, 0) is 18.6 Å². The van der Waals surface area contributed by atoms with Gasteiger partial charge in [0, 0.05) is 52.1 Å². The van der Waals surface area contributed by atoms with E-state index >= 15 is 0 Å². The molecule has 25 heavy (non-hydrogen) atoms. The maximum atomic E-state index is 12.5. The number of hydrogen-bond donors (Lipinski definition) is 0. The fraction of sp³-hybridized carbons (Fsp3) is 0.562. The van der Waals surface area contributed by atoms with Gasteiger partial charge in [-0.25, -0.2) is 0 Å². The summed E-state index contributed by atoms with van der Waals surface area (Å²) in [5.74, 6) is 1.13. The summed E-state index contributed by atoms with van der Waals surface area (Å²) in [6, 6.07) is 3.87. The lowest BCUT2D eigenvalue weighted by molar-refractivity contribution is -0.133. The standard InChI is InChI=1S/C16H21N7O2/c1-20-12(2-5-15(20)24)10-16(25)22-8-6-21(7-9-22)14-4-3-13-18-17-11-23(13)19-14/h3-4,11-12H,2,5-10H2,1H3. The van der Waals surface area contributed by atoms with Gasteiger partial charge >= 0.3 is 0 Å². The summed E-state index contributed by atoms with van der Waals surface area (Å²) < 4.78 is 1.65. The maximum Gasteiger partial charge on any atom is 0.224 e. The third kappa shape index (κ3) is 3.01. The topological polar surface area (TPSA) is 86.9 Å². The number of anilines is 1. The van der Waals surface area contributed by atoms with E-state index in [4.69, 9.17) is 0 Å². The summed E-state index contributed by atoms with van der Waals surface area (Å²) >= 11 is 0. The molecule has 9 heteroatoms. The lowest BCUT2D eigenvalue weighted by Crippen LogP contribution is -2.50. The summed E-state index contributed by atoms with van der Waals surface area (Å²) in [5, 5.41) is 12.3. The Labute approximate surface area is 145 Å². The zero-order chi connectivity index (χ0) is 17.4. The maximum absolute atomic E-state index is 12.5. The largest absolute Gasteiger partial charge is 0.352 e. The van der Waals surface area contributed by atoms with Crippen LogP contribution in [0.4, 0.5) is 5.82 Å². The molecule has 4 rings (SSSR count). The molecular weight excluding hydrogens is 322 g/mol. The smallest absolute Gasteiger partial charge is 0.224 e. The second-order valence-corrected chi connectivity index (χ2v) is 6.59. The Balaban J connectivity index is 1.34. The summed E-state index contributed by atoms with van der Waals surface area (Å²) in [7, 11) is 1.79. The summed E-state index contributed by atoms with van der Waals surface area (Å²) in [6.45, 7) is 2.83. The van der Waals surface area contributed by atoms with Crippen molar-refractivity contribution in [3.05, 3.63) is 18.5 Å². The fourth-order valence-electron chi connectivity index (χ4n) is 3.51. The van der Waals surface area contributed by atoms with E-state index in [0.29, 0.717) is 31.6 Å². The van der Waals surface area contributed by atoms with Crippen molar-refractivity contribution in [2.45, 2.75) is 25.3 Å². The van der Waals surface area contributed by atoms with Gasteiger partial charge in [0.05, 0.1) is 0 Å². The number of piperazine rings is 1. The van der Waals surface area contributed by atoms with Gasteiger partial charge in [-0.1, -0.05) is 0 Å². The van der Waals surface area contributed by atoms with E-state index in [0.717, 1.165) is 25.3 Å². The molecule has 2 saturated heterocycles. The number of likely N-dealkylation sites (tertiary alicyclic amines) is 1. The molecule has 2 amide bonds. The number of carbonyl (C=O) groups is 2. The Kier molecular flexibility index (Phi) is 3.98. The quantitative estimate of drug-likeness (QED) is 0.766. The van der Waals surface area contributed by atoms with E-state index in [1.807, 2.05) is 17.0 Å². The summed E-state index contributed by atoms with van der Waals surface area (Å²) in [5.41, 5.74) is 0.716. The molecule has 1 unspecified atom stereocenters. The van der Waals surface area contributed by atoms with Gasteiger partial charge in [-0.2, -0.15) is 4.52 Å². The van der Waals surface area contributed by atoms with Crippen LogP contribution < -0.4 is 4.90 Å². The average molecular weight is 343 g/mol. The highest BCUT2D eigenvalue weighted by molar-refractivity contribution is 5.82.